The third-order valence-electron chi connectivity index (χ3n) is 2.15. The highest BCUT2D eigenvalue weighted by Gasteiger charge is 2.14. The Bertz CT molecular complexity index is 92.0. The maximum Gasteiger partial charge on any atom is 0.0112 e. The molecule has 2 heteroatoms. The lowest BCUT2D eigenvalue weighted by atomic mass is 9.93. The van der Waals surface area contributed by atoms with Gasteiger partial charge < -0.3 is 10.6 Å². The van der Waals surface area contributed by atoms with Gasteiger partial charge in [-0.2, -0.15) is 7.05 Å². The van der Waals surface area contributed by atoms with Crippen molar-refractivity contribution in [2.24, 2.45) is 11.8 Å². The van der Waals surface area contributed by atoms with E-state index in [2.05, 4.69) is 38.3 Å². The summed E-state index contributed by atoms with van der Waals surface area (Å²) in [6.07, 6.45) is 0. The van der Waals surface area contributed by atoms with Crippen LogP contribution in [-0.2, 0) is 0 Å². The van der Waals surface area contributed by atoms with Crippen LogP contribution in [0.5, 0.6) is 0 Å². The van der Waals surface area contributed by atoms with Crippen molar-refractivity contribution in [1.82, 2.24) is 5.32 Å². The van der Waals surface area contributed by atoms with Crippen LogP contribution in [0.2, 0.25) is 0 Å². The first-order chi connectivity index (χ1) is 5.59. The van der Waals surface area contributed by atoms with Crippen LogP contribution in [0.3, 0.4) is 0 Å². The standard InChI is InChI=1S/C10H23N2/c1-8(2)10(9(3)4)12-7-6-11-5/h8-10,12H,6-7H2,1-5H3/q-1. The molecule has 0 aliphatic carbocycles. The Morgan fingerprint density at radius 1 is 1.08 bits per heavy atom. The van der Waals surface area contributed by atoms with E-state index in [1.54, 1.807) is 0 Å². The number of hydrogen-bond acceptors (Lipinski definition) is 1. The molecule has 0 heterocycles. The van der Waals surface area contributed by atoms with E-state index in [1.807, 2.05) is 7.05 Å². The third-order valence-corrected chi connectivity index (χ3v) is 2.15. The van der Waals surface area contributed by atoms with Crippen LogP contribution in [0.25, 0.3) is 5.32 Å². The summed E-state index contributed by atoms with van der Waals surface area (Å²) in [7, 11) is 1.86. The van der Waals surface area contributed by atoms with Crippen molar-refractivity contribution in [1.29, 1.82) is 0 Å². The van der Waals surface area contributed by atoms with Crippen LogP contribution in [0, 0.1) is 11.8 Å². The Balaban J connectivity index is 3.64. The molecule has 0 spiro atoms. The van der Waals surface area contributed by atoms with Gasteiger partial charge in [-0.15, -0.1) is 6.54 Å². The highest BCUT2D eigenvalue weighted by atomic mass is 15.0. The molecule has 0 bridgehead atoms. The molecule has 0 aliphatic heterocycles. The van der Waals surface area contributed by atoms with Crippen LogP contribution >= 0.6 is 0 Å². The highest BCUT2D eigenvalue weighted by molar-refractivity contribution is 4.78. The molecule has 74 valence electrons. The summed E-state index contributed by atoms with van der Waals surface area (Å²) >= 11 is 0. The lowest BCUT2D eigenvalue weighted by Crippen LogP contribution is -2.39. The topological polar surface area (TPSA) is 26.1 Å². The second-order valence-electron chi connectivity index (χ2n) is 4.01. The average molecular weight is 171 g/mol. The summed E-state index contributed by atoms with van der Waals surface area (Å²) in [4.78, 5) is 0. The quantitative estimate of drug-likeness (QED) is 0.610. The monoisotopic (exact) mass is 171 g/mol. The van der Waals surface area contributed by atoms with E-state index in [0.29, 0.717) is 17.9 Å². The first-order valence-corrected chi connectivity index (χ1v) is 4.88. The Morgan fingerprint density at radius 3 is 1.92 bits per heavy atom. The number of nitrogens with zero attached hydrogens (tertiary/aromatic N) is 1. The fraction of sp³-hybridized carbons (Fsp3) is 1.00. The number of hydrogen-bond donors (Lipinski definition) is 1. The molecule has 0 unspecified atom stereocenters. The fourth-order valence-corrected chi connectivity index (χ4v) is 1.58. The lowest BCUT2D eigenvalue weighted by Gasteiger charge is -2.27. The smallest absolute Gasteiger partial charge is 0.0112 e. The van der Waals surface area contributed by atoms with Crippen molar-refractivity contribution in [2.45, 2.75) is 33.7 Å². The van der Waals surface area contributed by atoms with Gasteiger partial charge in [0.05, 0.1) is 0 Å². The Kier molecular flexibility index (Phi) is 6.39. The van der Waals surface area contributed by atoms with Gasteiger partial charge in [-0.3, -0.25) is 0 Å². The predicted molar refractivity (Wildman–Crippen MR) is 55.6 cm³/mol. The van der Waals surface area contributed by atoms with Crippen molar-refractivity contribution < 1.29 is 0 Å². The second kappa shape index (κ2) is 6.44. The van der Waals surface area contributed by atoms with Gasteiger partial charge in [0.2, 0.25) is 0 Å². The minimum absolute atomic E-state index is 0.631. The van der Waals surface area contributed by atoms with Crippen molar-refractivity contribution in [3.8, 4) is 0 Å². The Morgan fingerprint density at radius 2 is 1.58 bits per heavy atom. The predicted octanol–water partition coefficient (Wildman–Crippen LogP) is 2.26. The molecular weight excluding hydrogens is 148 g/mol. The largest absolute Gasteiger partial charge is 0.664 e. The van der Waals surface area contributed by atoms with Crippen LogP contribution in [0.15, 0.2) is 0 Å². The van der Waals surface area contributed by atoms with Crippen molar-refractivity contribution in [3.63, 3.8) is 0 Å². The van der Waals surface area contributed by atoms with Crippen molar-refractivity contribution in [3.05, 3.63) is 5.32 Å². The van der Waals surface area contributed by atoms with Gasteiger partial charge >= 0.3 is 0 Å². The van der Waals surface area contributed by atoms with E-state index in [-0.39, 0.29) is 0 Å². The maximum absolute atomic E-state index is 4.06. The molecule has 0 aromatic rings. The first kappa shape index (κ1) is 11.9. The molecular formula is C10H23N2-. The normalized spacial score (nSPS) is 12.0. The number of rotatable bonds is 6. The van der Waals surface area contributed by atoms with Gasteiger partial charge in [-0.05, 0) is 18.4 Å². The molecule has 12 heavy (non-hydrogen) atoms. The number of nitrogens with one attached hydrogen (secondary N) is 1. The molecule has 0 aliphatic rings. The van der Waals surface area contributed by atoms with E-state index >= 15 is 0 Å². The summed E-state index contributed by atoms with van der Waals surface area (Å²) in [6, 6.07) is 0.631. The van der Waals surface area contributed by atoms with Gasteiger partial charge in [0.15, 0.2) is 0 Å². The van der Waals surface area contributed by atoms with Crippen LogP contribution in [0.1, 0.15) is 27.7 Å². The van der Waals surface area contributed by atoms with E-state index in [4.69, 9.17) is 0 Å². The molecule has 0 atom stereocenters. The van der Waals surface area contributed by atoms with E-state index in [1.165, 1.54) is 0 Å². The molecule has 0 rings (SSSR count). The zero-order valence-electron chi connectivity index (χ0n) is 9.09. The van der Waals surface area contributed by atoms with Gasteiger partial charge in [0.1, 0.15) is 0 Å². The second-order valence-corrected chi connectivity index (χ2v) is 4.01. The zero-order valence-corrected chi connectivity index (χ0v) is 9.09. The van der Waals surface area contributed by atoms with Crippen molar-refractivity contribution >= 4 is 0 Å². The highest BCUT2D eigenvalue weighted by Crippen LogP contribution is 2.11. The summed E-state index contributed by atoms with van der Waals surface area (Å²) in [5.74, 6) is 1.42. The SMILES string of the molecule is C[N-]CCNC(C(C)C)C(C)C. The van der Waals surface area contributed by atoms with Gasteiger partial charge in [0.25, 0.3) is 0 Å². The molecule has 2 nitrogen and oxygen atoms in total. The number of likely N-dealkylation sites (N-methyl/N-ethyl adjacent to an activating group) is 1. The van der Waals surface area contributed by atoms with Gasteiger partial charge in [-0.1, -0.05) is 27.7 Å². The molecule has 0 aromatic heterocycles. The minimum atomic E-state index is 0.631. The minimum Gasteiger partial charge on any atom is -0.664 e. The Labute approximate surface area is 77.1 Å². The molecule has 0 amide bonds. The molecule has 1 N–H and O–H groups in total. The maximum atomic E-state index is 4.06. The van der Waals surface area contributed by atoms with Gasteiger partial charge in [0, 0.05) is 6.04 Å². The zero-order chi connectivity index (χ0) is 9.56. The summed E-state index contributed by atoms with van der Waals surface area (Å²) in [5.41, 5.74) is 0. The molecule has 0 saturated heterocycles. The molecule has 0 fully saturated rings. The van der Waals surface area contributed by atoms with Crippen LogP contribution in [0.4, 0.5) is 0 Å². The summed E-state index contributed by atoms with van der Waals surface area (Å²) in [6.45, 7) is 11.0. The van der Waals surface area contributed by atoms with Crippen LogP contribution in [-0.4, -0.2) is 26.2 Å². The lowest BCUT2D eigenvalue weighted by molar-refractivity contribution is 0.319. The summed E-state index contributed by atoms with van der Waals surface area (Å²) < 4.78 is 0. The fourth-order valence-electron chi connectivity index (χ4n) is 1.58. The van der Waals surface area contributed by atoms with Gasteiger partial charge in [-0.25, -0.2) is 0 Å². The first-order valence-electron chi connectivity index (χ1n) is 4.88. The third kappa shape index (κ3) is 4.73. The van der Waals surface area contributed by atoms with Crippen LogP contribution < -0.4 is 5.32 Å². The molecule has 0 radical (unpaired) electrons. The molecule has 0 aromatic carbocycles. The van der Waals surface area contributed by atoms with E-state index in [9.17, 15) is 0 Å². The molecule has 0 saturated carbocycles. The van der Waals surface area contributed by atoms with Crippen molar-refractivity contribution in [2.75, 3.05) is 20.1 Å². The summed E-state index contributed by atoms with van der Waals surface area (Å²) in [5, 5.41) is 7.59. The van der Waals surface area contributed by atoms with E-state index < -0.39 is 0 Å². The van der Waals surface area contributed by atoms with E-state index in [0.717, 1.165) is 13.1 Å². The average Bonchev–Trinajstić information content (AvgIpc) is 1.96. The Hall–Kier alpha value is -0.0800.